The first kappa shape index (κ1) is 19.4. The van der Waals surface area contributed by atoms with Crippen LogP contribution in [0.25, 0.3) is 0 Å². The molecule has 138 valence electrons. The Labute approximate surface area is 148 Å². The Morgan fingerprint density at radius 2 is 1.84 bits per heavy atom. The summed E-state index contributed by atoms with van der Waals surface area (Å²) in [4.78, 5) is 23.4. The van der Waals surface area contributed by atoms with Crippen LogP contribution >= 0.6 is 0 Å². The summed E-state index contributed by atoms with van der Waals surface area (Å²) in [5.41, 5.74) is 0.541. The fourth-order valence-corrected chi connectivity index (χ4v) is 4.36. The van der Waals surface area contributed by atoms with Gasteiger partial charge in [-0.1, -0.05) is 0 Å². The van der Waals surface area contributed by atoms with Crippen molar-refractivity contribution in [3.63, 3.8) is 0 Å². The van der Waals surface area contributed by atoms with Gasteiger partial charge < -0.3 is 10.6 Å². The van der Waals surface area contributed by atoms with Crippen molar-refractivity contribution in [3.8, 4) is 0 Å². The molecule has 0 spiro atoms. The summed E-state index contributed by atoms with van der Waals surface area (Å²) in [5, 5.41) is 5.45. The van der Waals surface area contributed by atoms with Gasteiger partial charge in [0.15, 0.2) is 0 Å². The van der Waals surface area contributed by atoms with Crippen LogP contribution in [0.15, 0.2) is 29.2 Å². The molecule has 2 N–H and O–H groups in total. The standard InChI is InChI=1S/C17H25N3O4S/c1-12(2)18-17(22)14-5-4-10-20(11-14)25(23,24)16-8-6-15(7-9-16)19-13(3)21/h6-9,12,14H,4-5,10-11H2,1-3H3,(H,18,22)(H,19,21)/t14-/m1/s1. The van der Waals surface area contributed by atoms with Crippen molar-refractivity contribution in [2.75, 3.05) is 18.4 Å². The van der Waals surface area contributed by atoms with Crippen molar-refractivity contribution in [2.45, 2.75) is 44.6 Å². The van der Waals surface area contributed by atoms with E-state index in [0.29, 0.717) is 25.1 Å². The molecule has 2 rings (SSSR count). The first-order valence-electron chi connectivity index (χ1n) is 8.38. The Morgan fingerprint density at radius 1 is 1.20 bits per heavy atom. The molecule has 7 nitrogen and oxygen atoms in total. The molecular weight excluding hydrogens is 342 g/mol. The molecular formula is C17H25N3O4S. The van der Waals surface area contributed by atoms with E-state index in [1.165, 1.54) is 23.4 Å². The minimum absolute atomic E-state index is 0.0285. The zero-order chi connectivity index (χ0) is 18.6. The molecule has 8 heteroatoms. The fraction of sp³-hybridized carbons (Fsp3) is 0.529. The highest BCUT2D eigenvalue weighted by atomic mass is 32.2. The third-order valence-electron chi connectivity index (χ3n) is 4.00. The van der Waals surface area contributed by atoms with Gasteiger partial charge in [0.05, 0.1) is 10.8 Å². The van der Waals surface area contributed by atoms with Crippen LogP contribution in [-0.2, 0) is 19.6 Å². The van der Waals surface area contributed by atoms with Gasteiger partial charge in [-0.25, -0.2) is 8.42 Å². The highest BCUT2D eigenvalue weighted by molar-refractivity contribution is 7.89. The first-order valence-corrected chi connectivity index (χ1v) is 9.82. The Kier molecular flexibility index (Phi) is 6.18. The zero-order valence-corrected chi connectivity index (χ0v) is 15.6. The lowest BCUT2D eigenvalue weighted by Gasteiger charge is -2.31. The topological polar surface area (TPSA) is 95.6 Å². The number of rotatable bonds is 5. The molecule has 1 aliphatic rings. The van der Waals surface area contributed by atoms with Gasteiger partial charge in [0.1, 0.15) is 0 Å². The SMILES string of the molecule is CC(=O)Nc1ccc(S(=O)(=O)N2CCC[C@@H](C(=O)NC(C)C)C2)cc1. The van der Waals surface area contributed by atoms with Crippen molar-refractivity contribution in [2.24, 2.45) is 5.92 Å². The normalized spacial score (nSPS) is 18.8. The summed E-state index contributed by atoms with van der Waals surface area (Å²) in [6.45, 7) is 5.74. The largest absolute Gasteiger partial charge is 0.354 e. The Hall–Kier alpha value is -1.93. The van der Waals surface area contributed by atoms with Gasteiger partial charge >= 0.3 is 0 Å². The van der Waals surface area contributed by atoms with Gasteiger partial charge in [-0.3, -0.25) is 9.59 Å². The molecule has 1 heterocycles. The summed E-state index contributed by atoms with van der Waals surface area (Å²) >= 11 is 0. The summed E-state index contributed by atoms with van der Waals surface area (Å²) in [6, 6.07) is 6.08. The molecule has 1 saturated heterocycles. The lowest BCUT2D eigenvalue weighted by atomic mass is 9.98. The third-order valence-corrected chi connectivity index (χ3v) is 5.88. The Morgan fingerprint density at radius 3 is 2.40 bits per heavy atom. The maximum atomic E-state index is 12.8. The third kappa shape index (κ3) is 5.02. The predicted molar refractivity (Wildman–Crippen MR) is 95.5 cm³/mol. The fourth-order valence-electron chi connectivity index (χ4n) is 2.84. The van der Waals surface area contributed by atoms with Crippen LogP contribution in [0.1, 0.15) is 33.6 Å². The molecule has 1 aromatic carbocycles. The number of sulfonamides is 1. The number of piperidine rings is 1. The number of nitrogens with zero attached hydrogens (tertiary/aromatic N) is 1. The van der Waals surface area contributed by atoms with E-state index < -0.39 is 10.0 Å². The highest BCUT2D eigenvalue weighted by Gasteiger charge is 2.33. The summed E-state index contributed by atoms with van der Waals surface area (Å²) in [7, 11) is -3.66. The molecule has 1 aliphatic heterocycles. The van der Waals surface area contributed by atoms with Crippen molar-refractivity contribution in [1.82, 2.24) is 9.62 Å². The van der Waals surface area contributed by atoms with Crippen molar-refractivity contribution in [1.29, 1.82) is 0 Å². The van der Waals surface area contributed by atoms with E-state index >= 15 is 0 Å². The number of carbonyl (C=O) groups excluding carboxylic acids is 2. The molecule has 0 aromatic heterocycles. The number of carbonyl (C=O) groups is 2. The van der Waals surface area contributed by atoms with Crippen LogP contribution in [-0.4, -0.2) is 43.7 Å². The van der Waals surface area contributed by atoms with Crippen LogP contribution in [0.2, 0.25) is 0 Å². The number of benzene rings is 1. The molecule has 1 fully saturated rings. The highest BCUT2D eigenvalue weighted by Crippen LogP contribution is 2.25. The second kappa shape index (κ2) is 7.97. The number of amides is 2. The minimum atomic E-state index is -3.66. The second-order valence-corrected chi connectivity index (χ2v) is 8.51. The van der Waals surface area contributed by atoms with Crippen LogP contribution in [0.5, 0.6) is 0 Å². The minimum Gasteiger partial charge on any atom is -0.354 e. The molecule has 1 atom stereocenters. The molecule has 0 aliphatic carbocycles. The summed E-state index contributed by atoms with van der Waals surface area (Å²) in [5.74, 6) is -0.647. The smallest absolute Gasteiger partial charge is 0.243 e. The first-order chi connectivity index (χ1) is 11.7. The Bertz CT molecular complexity index is 729. The second-order valence-electron chi connectivity index (χ2n) is 6.57. The van der Waals surface area contributed by atoms with Crippen molar-refractivity contribution >= 4 is 27.5 Å². The van der Waals surface area contributed by atoms with E-state index in [-0.39, 0.29) is 35.2 Å². The summed E-state index contributed by atoms with van der Waals surface area (Å²) in [6.07, 6.45) is 1.34. The van der Waals surface area contributed by atoms with Gasteiger partial charge in [0.25, 0.3) is 0 Å². The molecule has 0 unspecified atom stereocenters. The molecule has 0 radical (unpaired) electrons. The maximum absolute atomic E-state index is 12.8. The predicted octanol–water partition coefficient (Wildman–Crippen LogP) is 1.57. The monoisotopic (exact) mass is 367 g/mol. The zero-order valence-electron chi connectivity index (χ0n) is 14.8. The van der Waals surface area contributed by atoms with E-state index in [9.17, 15) is 18.0 Å². The molecule has 25 heavy (non-hydrogen) atoms. The molecule has 1 aromatic rings. The lowest BCUT2D eigenvalue weighted by molar-refractivity contribution is -0.126. The van der Waals surface area contributed by atoms with Crippen LogP contribution in [0, 0.1) is 5.92 Å². The number of hydrogen-bond donors (Lipinski definition) is 2. The number of nitrogens with one attached hydrogen (secondary N) is 2. The Balaban J connectivity index is 2.12. The molecule has 2 amide bonds. The average Bonchev–Trinajstić information content (AvgIpc) is 2.54. The van der Waals surface area contributed by atoms with Gasteiger partial charge in [0.2, 0.25) is 21.8 Å². The van der Waals surface area contributed by atoms with Gasteiger partial charge in [-0.2, -0.15) is 4.31 Å². The average molecular weight is 367 g/mol. The van der Waals surface area contributed by atoms with Gasteiger partial charge in [-0.05, 0) is 51.0 Å². The molecule has 0 saturated carbocycles. The van der Waals surface area contributed by atoms with E-state index in [0.717, 1.165) is 0 Å². The van der Waals surface area contributed by atoms with Crippen molar-refractivity contribution in [3.05, 3.63) is 24.3 Å². The van der Waals surface area contributed by atoms with Crippen LogP contribution in [0.4, 0.5) is 5.69 Å². The van der Waals surface area contributed by atoms with Crippen LogP contribution < -0.4 is 10.6 Å². The van der Waals surface area contributed by atoms with E-state index in [1.807, 2.05) is 13.8 Å². The van der Waals surface area contributed by atoms with Crippen molar-refractivity contribution < 1.29 is 18.0 Å². The van der Waals surface area contributed by atoms with E-state index in [4.69, 9.17) is 0 Å². The number of hydrogen-bond acceptors (Lipinski definition) is 4. The number of anilines is 1. The maximum Gasteiger partial charge on any atom is 0.243 e. The van der Waals surface area contributed by atoms with Gasteiger partial charge in [-0.15, -0.1) is 0 Å². The quantitative estimate of drug-likeness (QED) is 0.826. The summed E-state index contributed by atoms with van der Waals surface area (Å²) < 4.78 is 27.0. The molecule has 0 bridgehead atoms. The van der Waals surface area contributed by atoms with E-state index in [1.54, 1.807) is 12.1 Å². The van der Waals surface area contributed by atoms with E-state index in [2.05, 4.69) is 10.6 Å². The lowest BCUT2D eigenvalue weighted by Crippen LogP contribution is -2.46. The van der Waals surface area contributed by atoms with Crippen LogP contribution in [0.3, 0.4) is 0 Å². The van der Waals surface area contributed by atoms with Gasteiger partial charge in [0, 0.05) is 31.7 Å².